The predicted octanol–water partition coefficient (Wildman–Crippen LogP) is 1.75. The van der Waals surface area contributed by atoms with Crippen LogP contribution in [-0.2, 0) is 4.79 Å². The number of aliphatic carboxylic acids is 1. The first-order chi connectivity index (χ1) is 9.97. The highest BCUT2D eigenvalue weighted by molar-refractivity contribution is 5.92. The number of amides is 1. The van der Waals surface area contributed by atoms with Gasteiger partial charge in [-0.05, 0) is 31.6 Å². The lowest BCUT2D eigenvalue weighted by Crippen LogP contribution is -2.42. The summed E-state index contributed by atoms with van der Waals surface area (Å²) in [6.07, 6.45) is 5.11. The van der Waals surface area contributed by atoms with E-state index in [1.165, 1.54) is 6.20 Å². The number of aromatic nitrogens is 2. The third-order valence-electron chi connectivity index (χ3n) is 4.05. The minimum atomic E-state index is -0.782. The number of carboxylic acid groups (broad SMARTS) is 1. The second-order valence-electron chi connectivity index (χ2n) is 5.77. The molecule has 1 fully saturated rings. The molecule has 6 nitrogen and oxygen atoms in total. The van der Waals surface area contributed by atoms with E-state index in [1.807, 2.05) is 13.8 Å². The maximum Gasteiger partial charge on any atom is 0.303 e. The Kier molecular flexibility index (Phi) is 4.88. The average Bonchev–Trinajstić information content (AvgIpc) is 2.47. The molecule has 1 aromatic rings. The Labute approximate surface area is 124 Å². The Morgan fingerprint density at radius 3 is 2.81 bits per heavy atom. The molecule has 0 aliphatic carbocycles. The van der Waals surface area contributed by atoms with E-state index < -0.39 is 5.97 Å². The number of aryl methyl sites for hydroxylation is 1. The third kappa shape index (κ3) is 4.00. The van der Waals surface area contributed by atoms with E-state index in [4.69, 9.17) is 5.11 Å². The largest absolute Gasteiger partial charge is 0.481 e. The zero-order valence-electron chi connectivity index (χ0n) is 12.5. The summed E-state index contributed by atoms with van der Waals surface area (Å²) in [4.78, 5) is 33.2. The average molecular weight is 291 g/mol. The molecule has 114 valence electrons. The van der Waals surface area contributed by atoms with Crippen molar-refractivity contribution in [2.24, 2.45) is 11.8 Å². The van der Waals surface area contributed by atoms with E-state index >= 15 is 0 Å². The molecule has 6 heteroatoms. The quantitative estimate of drug-likeness (QED) is 0.913. The van der Waals surface area contributed by atoms with E-state index in [0.717, 1.165) is 18.5 Å². The summed E-state index contributed by atoms with van der Waals surface area (Å²) < 4.78 is 0. The van der Waals surface area contributed by atoms with Crippen molar-refractivity contribution in [3.05, 3.63) is 23.8 Å². The minimum Gasteiger partial charge on any atom is -0.481 e. The predicted molar refractivity (Wildman–Crippen MR) is 76.8 cm³/mol. The van der Waals surface area contributed by atoms with Crippen molar-refractivity contribution in [3.8, 4) is 0 Å². The highest BCUT2D eigenvalue weighted by Crippen LogP contribution is 2.26. The molecule has 2 atom stereocenters. The maximum absolute atomic E-state index is 12.4. The fraction of sp³-hybridized carbons (Fsp3) is 0.600. The molecular formula is C15H21N3O3. The lowest BCUT2D eigenvalue weighted by Gasteiger charge is -2.35. The lowest BCUT2D eigenvalue weighted by molar-refractivity contribution is -0.138. The molecule has 2 rings (SSSR count). The molecule has 0 spiro atoms. The van der Waals surface area contributed by atoms with Gasteiger partial charge in [0.15, 0.2) is 0 Å². The van der Waals surface area contributed by atoms with Crippen molar-refractivity contribution >= 4 is 11.9 Å². The van der Waals surface area contributed by atoms with Gasteiger partial charge in [-0.3, -0.25) is 14.6 Å². The molecule has 1 aliphatic rings. The molecule has 1 saturated heterocycles. The highest BCUT2D eigenvalue weighted by atomic mass is 16.4. The summed E-state index contributed by atoms with van der Waals surface area (Å²) in [6.45, 7) is 5.07. The molecule has 1 amide bonds. The van der Waals surface area contributed by atoms with Gasteiger partial charge in [-0.1, -0.05) is 6.92 Å². The Hall–Kier alpha value is -1.98. The van der Waals surface area contributed by atoms with Crippen molar-refractivity contribution < 1.29 is 14.7 Å². The van der Waals surface area contributed by atoms with Crippen LogP contribution in [0.1, 0.15) is 42.4 Å². The maximum atomic E-state index is 12.4. The van der Waals surface area contributed by atoms with Gasteiger partial charge in [0, 0.05) is 25.7 Å². The van der Waals surface area contributed by atoms with Gasteiger partial charge < -0.3 is 10.0 Å². The fourth-order valence-corrected chi connectivity index (χ4v) is 2.77. The molecule has 0 bridgehead atoms. The van der Waals surface area contributed by atoms with Gasteiger partial charge in [0.25, 0.3) is 5.91 Å². The number of rotatable bonds is 4. The standard InChI is InChI=1S/C15H21N3O3/c1-10(6-14(19)20)12-4-3-5-18(9-12)15(21)13-8-16-11(2)7-17-13/h7-8,10,12H,3-6,9H2,1-2H3,(H,19,20). The molecule has 0 aromatic carbocycles. The summed E-state index contributed by atoms with van der Waals surface area (Å²) in [5.74, 6) is -0.593. The van der Waals surface area contributed by atoms with Gasteiger partial charge in [-0.25, -0.2) is 4.98 Å². The van der Waals surface area contributed by atoms with Crippen LogP contribution in [0.15, 0.2) is 12.4 Å². The number of piperidine rings is 1. The second-order valence-corrected chi connectivity index (χ2v) is 5.77. The van der Waals surface area contributed by atoms with Crippen molar-refractivity contribution in [1.82, 2.24) is 14.9 Å². The molecule has 21 heavy (non-hydrogen) atoms. The van der Waals surface area contributed by atoms with Crippen LogP contribution >= 0.6 is 0 Å². The van der Waals surface area contributed by atoms with E-state index in [9.17, 15) is 9.59 Å². The first-order valence-electron chi connectivity index (χ1n) is 7.27. The number of likely N-dealkylation sites (tertiary alicyclic amines) is 1. The fourth-order valence-electron chi connectivity index (χ4n) is 2.77. The summed E-state index contributed by atoms with van der Waals surface area (Å²) in [5.41, 5.74) is 1.13. The molecular weight excluding hydrogens is 270 g/mol. The molecule has 1 aliphatic heterocycles. The Morgan fingerprint density at radius 1 is 1.43 bits per heavy atom. The summed E-state index contributed by atoms with van der Waals surface area (Å²) in [7, 11) is 0. The molecule has 0 saturated carbocycles. The van der Waals surface area contributed by atoms with Gasteiger partial charge in [-0.15, -0.1) is 0 Å². The van der Waals surface area contributed by atoms with Crippen molar-refractivity contribution in [3.63, 3.8) is 0 Å². The molecule has 1 N–H and O–H groups in total. The number of carbonyl (C=O) groups is 2. The molecule has 2 unspecified atom stereocenters. The molecule has 2 heterocycles. The zero-order valence-corrected chi connectivity index (χ0v) is 12.5. The third-order valence-corrected chi connectivity index (χ3v) is 4.05. The van der Waals surface area contributed by atoms with E-state index in [0.29, 0.717) is 18.8 Å². The van der Waals surface area contributed by atoms with E-state index in [1.54, 1.807) is 11.1 Å². The molecule has 1 aromatic heterocycles. The monoisotopic (exact) mass is 291 g/mol. The Bertz CT molecular complexity index is 515. The van der Waals surface area contributed by atoms with Crippen LogP contribution in [0.3, 0.4) is 0 Å². The van der Waals surface area contributed by atoms with Crippen LogP contribution in [-0.4, -0.2) is 44.9 Å². The first-order valence-corrected chi connectivity index (χ1v) is 7.27. The van der Waals surface area contributed by atoms with Crippen molar-refractivity contribution in [2.75, 3.05) is 13.1 Å². The van der Waals surface area contributed by atoms with Crippen LogP contribution in [0, 0.1) is 18.8 Å². The number of carbonyl (C=O) groups excluding carboxylic acids is 1. The van der Waals surface area contributed by atoms with Crippen LogP contribution in [0.4, 0.5) is 0 Å². The summed E-state index contributed by atoms with van der Waals surface area (Å²) >= 11 is 0. The van der Waals surface area contributed by atoms with Crippen LogP contribution in [0.2, 0.25) is 0 Å². The van der Waals surface area contributed by atoms with Crippen LogP contribution in [0.25, 0.3) is 0 Å². The Balaban J connectivity index is 2.01. The smallest absolute Gasteiger partial charge is 0.303 e. The number of hydrogen-bond acceptors (Lipinski definition) is 4. The molecule has 0 radical (unpaired) electrons. The van der Waals surface area contributed by atoms with Crippen molar-refractivity contribution in [2.45, 2.75) is 33.1 Å². The minimum absolute atomic E-state index is 0.0715. The van der Waals surface area contributed by atoms with Gasteiger partial charge in [0.1, 0.15) is 5.69 Å². The van der Waals surface area contributed by atoms with Gasteiger partial charge in [0.05, 0.1) is 11.9 Å². The first kappa shape index (κ1) is 15.4. The normalized spacial score (nSPS) is 20.1. The van der Waals surface area contributed by atoms with Crippen LogP contribution in [0.5, 0.6) is 0 Å². The topological polar surface area (TPSA) is 83.4 Å². The lowest BCUT2D eigenvalue weighted by atomic mass is 9.84. The van der Waals surface area contributed by atoms with Gasteiger partial charge in [0.2, 0.25) is 0 Å². The highest BCUT2D eigenvalue weighted by Gasteiger charge is 2.29. The van der Waals surface area contributed by atoms with Crippen molar-refractivity contribution in [1.29, 1.82) is 0 Å². The van der Waals surface area contributed by atoms with Gasteiger partial charge >= 0.3 is 5.97 Å². The summed E-state index contributed by atoms with van der Waals surface area (Å²) in [5, 5.41) is 8.89. The number of nitrogens with zero attached hydrogens (tertiary/aromatic N) is 3. The van der Waals surface area contributed by atoms with E-state index in [-0.39, 0.29) is 24.2 Å². The SMILES string of the molecule is Cc1cnc(C(=O)N2CCCC(C(C)CC(=O)O)C2)cn1. The van der Waals surface area contributed by atoms with E-state index in [2.05, 4.69) is 9.97 Å². The van der Waals surface area contributed by atoms with Gasteiger partial charge in [-0.2, -0.15) is 0 Å². The van der Waals surface area contributed by atoms with Crippen LogP contribution < -0.4 is 0 Å². The Morgan fingerprint density at radius 2 is 2.19 bits per heavy atom. The second kappa shape index (κ2) is 6.65. The number of hydrogen-bond donors (Lipinski definition) is 1. The summed E-state index contributed by atoms with van der Waals surface area (Å²) in [6, 6.07) is 0. The zero-order chi connectivity index (χ0) is 15.4. The number of carboxylic acids is 1.